The zero-order valence-corrected chi connectivity index (χ0v) is 14.0. The first-order chi connectivity index (χ1) is 11.0. The van der Waals surface area contributed by atoms with Gasteiger partial charge in [-0.25, -0.2) is 0 Å². The molecule has 0 fully saturated rings. The molecule has 0 aromatic heterocycles. The minimum atomic E-state index is -0.588. The predicted octanol–water partition coefficient (Wildman–Crippen LogP) is 3.61. The van der Waals surface area contributed by atoms with Gasteiger partial charge >= 0.3 is 0 Å². The van der Waals surface area contributed by atoms with Crippen LogP contribution in [0.2, 0.25) is 5.02 Å². The van der Waals surface area contributed by atoms with E-state index < -0.39 is 6.10 Å². The number of carbonyl (C=O) groups is 1. The van der Waals surface area contributed by atoms with Crippen molar-refractivity contribution < 1.29 is 14.3 Å². The van der Waals surface area contributed by atoms with Crippen LogP contribution < -0.4 is 14.8 Å². The highest BCUT2D eigenvalue weighted by Gasteiger charge is 2.13. The third-order valence-corrected chi connectivity index (χ3v) is 3.41. The first-order valence-electron chi connectivity index (χ1n) is 7.44. The number of carbonyl (C=O) groups excluding carboxylic acids is 1. The van der Waals surface area contributed by atoms with Crippen LogP contribution in [0.25, 0.3) is 0 Å². The molecule has 23 heavy (non-hydrogen) atoms. The number of halogens is 1. The molecule has 122 valence electrons. The molecule has 0 saturated heterocycles. The fourth-order valence-corrected chi connectivity index (χ4v) is 2.09. The first-order valence-corrected chi connectivity index (χ1v) is 7.82. The lowest BCUT2D eigenvalue weighted by Crippen LogP contribution is -2.38. The van der Waals surface area contributed by atoms with Crippen molar-refractivity contribution in [3.05, 3.63) is 59.1 Å². The maximum absolute atomic E-state index is 12.0. The normalized spacial score (nSPS) is 11.6. The zero-order valence-electron chi connectivity index (χ0n) is 13.2. The average molecular weight is 334 g/mol. The molecule has 0 spiro atoms. The first kappa shape index (κ1) is 17.2. The molecular formula is C18H20ClNO3. The third kappa shape index (κ3) is 5.83. The molecule has 1 N–H and O–H groups in total. The smallest absolute Gasteiger partial charge is 0.260 e. The summed E-state index contributed by atoms with van der Waals surface area (Å²) < 4.78 is 11.1. The van der Waals surface area contributed by atoms with E-state index in [2.05, 4.69) is 5.32 Å². The number of amides is 1. The molecule has 0 saturated carbocycles. The minimum Gasteiger partial charge on any atom is -0.492 e. The lowest BCUT2D eigenvalue weighted by atomic mass is 10.2. The molecule has 0 aliphatic rings. The molecule has 1 amide bonds. The second-order valence-electron chi connectivity index (χ2n) is 5.17. The van der Waals surface area contributed by atoms with Gasteiger partial charge in [0.1, 0.15) is 18.1 Å². The van der Waals surface area contributed by atoms with Crippen molar-refractivity contribution in [3.63, 3.8) is 0 Å². The third-order valence-electron chi connectivity index (χ3n) is 3.16. The van der Waals surface area contributed by atoms with Gasteiger partial charge in [-0.1, -0.05) is 23.7 Å². The Kier molecular flexibility index (Phi) is 6.29. The average Bonchev–Trinajstić information content (AvgIpc) is 2.53. The monoisotopic (exact) mass is 333 g/mol. The Balaban J connectivity index is 1.70. The summed E-state index contributed by atoms with van der Waals surface area (Å²) >= 11 is 5.81. The van der Waals surface area contributed by atoms with Gasteiger partial charge in [0, 0.05) is 5.02 Å². The van der Waals surface area contributed by atoms with Crippen LogP contribution >= 0.6 is 11.6 Å². The zero-order chi connectivity index (χ0) is 16.7. The molecule has 2 aromatic carbocycles. The van der Waals surface area contributed by atoms with Crippen LogP contribution in [0.4, 0.5) is 0 Å². The lowest BCUT2D eigenvalue weighted by Gasteiger charge is -2.15. The van der Waals surface area contributed by atoms with Gasteiger partial charge in [0.2, 0.25) is 0 Å². The maximum atomic E-state index is 12.0. The van der Waals surface area contributed by atoms with Crippen molar-refractivity contribution in [2.45, 2.75) is 20.0 Å². The Morgan fingerprint density at radius 1 is 1.17 bits per heavy atom. The number of hydrogen-bond acceptors (Lipinski definition) is 3. The Hall–Kier alpha value is -2.20. The summed E-state index contributed by atoms with van der Waals surface area (Å²) in [5.41, 5.74) is 1.14. The van der Waals surface area contributed by atoms with Crippen LogP contribution in [0.3, 0.4) is 0 Å². The number of nitrogens with one attached hydrogen (secondary N) is 1. The molecule has 0 aliphatic heterocycles. The summed E-state index contributed by atoms with van der Waals surface area (Å²) in [7, 11) is 0. The lowest BCUT2D eigenvalue weighted by molar-refractivity contribution is -0.127. The van der Waals surface area contributed by atoms with E-state index in [4.69, 9.17) is 21.1 Å². The molecule has 0 unspecified atom stereocenters. The van der Waals surface area contributed by atoms with E-state index in [1.807, 2.05) is 31.2 Å². The Morgan fingerprint density at radius 2 is 1.91 bits per heavy atom. The van der Waals surface area contributed by atoms with Crippen molar-refractivity contribution in [1.82, 2.24) is 5.32 Å². The van der Waals surface area contributed by atoms with Gasteiger partial charge in [0.25, 0.3) is 5.91 Å². The van der Waals surface area contributed by atoms with Crippen LogP contribution in [0.1, 0.15) is 12.5 Å². The minimum absolute atomic E-state index is 0.187. The van der Waals surface area contributed by atoms with Crippen LogP contribution in [0, 0.1) is 6.92 Å². The van der Waals surface area contributed by atoms with Gasteiger partial charge in [0.05, 0.1) is 6.54 Å². The van der Waals surface area contributed by atoms with E-state index in [0.717, 1.165) is 11.3 Å². The fraction of sp³-hybridized carbons (Fsp3) is 0.278. The summed E-state index contributed by atoms with van der Waals surface area (Å²) in [5.74, 6) is 1.21. The van der Waals surface area contributed by atoms with E-state index in [9.17, 15) is 4.79 Å². The molecule has 4 nitrogen and oxygen atoms in total. The Labute approximate surface area is 141 Å². The fourth-order valence-electron chi connectivity index (χ4n) is 1.96. The van der Waals surface area contributed by atoms with Gasteiger partial charge in [-0.2, -0.15) is 0 Å². The van der Waals surface area contributed by atoms with Crippen molar-refractivity contribution >= 4 is 17.5 Å². The predicted molar refractivity (Wildman–Crippen MR) is 91.2 cm³/mol. The molecule has 0 bridgehead atoms. The van der Waals surface area contributed by atoms with Gasteiger partial charge in [-0.3, -0.25) is 4.79 Å². The molecule has 1 atom stereocenters. The van der Waals surface area contributed by atoms with Crippen LogP contribution in [-0.2, 0) is 4.79 Å². The summed E-state index contributed by atoms with van der Waals surface area (Å²) in [6.07, 6.45) is -0.588. The Morgan fingerprint density at radius 3 is 2.61 bits per heavy atom. The van der Waals surface area contributed by atoms with Crippen molar-refractivity contribution in [2.75, 3.05) is 13.2 Å². The number of aryl methyl sites for hydroxylation is 1. The maximum Gasteiger partial charge on any atom is 0.260 e. The summed E-state index contributed by atoms with van der Waals surface area (Å²) in [5, 5.41) is 3.41. The standard InChI is InChI=1S/C18H20ClNO3/c1-13-4-3-5-17(12-13)22-11-10-20-18(21)14(2)23-16-8-6-15(19)7-9-16/h3-9,12,14H,10-11H2,1-2H3,(H,20,21)/t14-/m1/s1. The largest absolute Gasteiger partial charge is 0.492 e. The Bertz CT molecular complexity index is 643. The highest BCUT2D eigenvalue weighted by molar-refractivity contribution is 6.30. The molecular weight excluding hydrogens is 314 g/mol. The second kappa shape index (κ2) is 8.44. The summed E-state index contributed by atoms with van der Waals surface area (Å²) in [4.78, 5) is 12.0. The molecule has 2 aromatic rings. The number of hydrogen-bond donors (Lipinski definition) is 1. The van der Waals surface area contributed by atoms with E-state index in [1.165, 1.54) is 0 Å². The van der Waals surface area contributed by atoms with Crippen LogP contribution in [0.5, 0.6) is 11.5 Å². The van der Waals surface area contributed by atoms with Gasteiger partial charge in [-0.05, 0) is 55.8 Å². The van der Waals surface area contributed by atoms with Gasteiger partial charge in [0.15, 0.2) is 6.10 Å². The SMILES string of the molecule is Cc1cccc(OCCNC(=O)[C@@H](C)Oc2ccc(Cl)cc2)c1. The molecule has 5 heteroatoms. The van der Waals surface area contributed by atoms with Crippen molar-refractivity contribution in [1.29, 1.82) is 0 Å². The topological polar surface area (TPSA) is 47.6 Å². The number of rotatable bonds is 7. The van der Waals surface area contributed by atoms with E-state index in [-0.39, 0.29) is 5.91 Å². The molecule has 0 radical (unpaired) electrons. The van der Waals surface area contributed by atoms with E-state index >= 15 is 0 Å². The highest BCUT2D eigenvalue weighted by atomic mass is 35.5. The molecule has 0 heterocycles. The van der Waals surface area contributed by atoms with Crippen molar-refractivity contribution in [3.8, 4) is 11.5 Å². The van der Waals surface area contributed by atoms with Crippen LogP contribution in [0.15, 0.2) is 48.5 Å². The van der Waals surface area contributed by atoms with Crippen molar-refractivity contribution in [2.24, 2.45) is 0 Å². The van der Waals surface area contributed by atoms with E-state index in [1.54, 1.807) is 31.2 Å². The van der Waals surface area contributed by atoms with E-state index in [0.29, 0.717) is 23.9 Å². The summed E-state index contributed by atoms with van der Waals surface area (Å²) in [6.45, 7) is 4.53. The quantitative estimate of drug-likeness (QED) is 0.787. The molecule has 0 aliphatic carbocycles. The highest BCUT2D eigenvalue weighted by Crippen LogP contribution is 2.16. The van der Waals surface area contributed by atoms with Gasteiger partial charge in [-0.15, -0.1) is 0 Å². The number of ether oxygens (including phenoxy) is 2. The second-order valence-corrected chi connectivity index (χ2v) is 5.61. The number of benzene rings is 2. The molecule has 2 rings (SSSR count). The van der Waals surface area contributed by atoms with Gasteiger partial charge < -0.3 is 14.8 Å². The van der Waals surface area contributed by atoms with Crippen LogP contribution in [-0.4, -0.2) is 25.2 Å². The summed E-state index contributed by atoms with van der Waals surface area (Å²) in [6, 6.07) is 14.7.